The quantitative estimate of drug-likeness (QED) is 0.168. The Morgan fingerprint density at radius 2 is 1.86 bits per heavy atom. The molecule has 1 atom stereocenters. The molecule has 1 unspecified atom stereocenters. The molecular formula is C32H34ClN5O4S. The van der Waals surface area contributed by atoms with Crippen LogP contribution in [0.5, 0.6) is 17.2 Å². The molecule has 0 radical (unpaired) electrons. The van der Waals surface area contributed by atoms with Gasteiger partial charge in [-0.05, 0) is 69.2 Å². The molecule has 2 heterocycles. The summed E-state index contributed by atoms with van der Waals surface area (Å²) in [5.74, 6) is 2.58. The number of carbonyl (C=O) groups excluding carboxylic acids is 1. The van der Waals surface area contributed by atoms with Crippen molar-refractivity contribution in [3.8, 4) is 17.2 Å². The third kappa shape index (κ3) is 6.76. The van der Waals surface area contributed by atoms with E-state index in [9.17, 15) is 4.79 Å². The molecule has 0 aliphatic carbocycles. The predicted molar refractivity (Wildman–Crippen MR) is 170 cm³/mol. The van der Waals surface area contributed by atoms with Crippen LogP contribution in [0.4, 0.5) is 11.6 Å². The van der Waals surface area contributed by atoms with Crippen LogP contribution >= 0.6 is 23.4 Å². The SMILES string of the molecule is CCOc1ccccc1NC(=O)C1=C(C)Nc2nc(SCc3ccccc3Cl)nn2C1c1ccc(OC(C)C)c(OC)c1. The first-order valence-corrected chi connectivity index (χ1v) is 15.3. The monoisotopic (exact) mass is 619 g/mol. The second-order valence-electron chi connectivity index (χ2n) is 10.1. The third-order valence-corrected chi connectivity index (χ3v) is 7.95. The van der Waals surface area contributed by atoms with Gasteiger partial charge in [0.15, 0.2) is 11.5 Å². The number of nitrogens with zero attached hydrogens (tertiary/aromatic N) is 3. The van der Waals surface area contributed by atoms with Gasteiger partial charge in [-0.25, -0.2) is 4.68 Å². The van der Waals surface area contributed by atoms with Crippen LogP contribution in [0.25, 0.3) is 0 Å². The third-order valence-electron chi connectivity index (χ3n) is 6.69. The average Bonchev–Trinajstić information content (AvgIpc) is 3.39. The zero-order valence-electron chi connectivity index (χ0n) is 24.7. The summed E-state index contributed by atoms with van der Waals surface area (Å²) in [5.41, 5.74) is 3.48. The van der Waals surface area contributed by atoms with Crippen molar-refractivity contribution in [1.29, 1.82) is 0 Å². The molecule has 0 saturated heterocycles. The molecule has 1 aliphatic rings. The lowest BCUT2D eigenvalue weighted by Crippen LogP contribution is -2.31. The number of fused-ring (bicyclic) bond motifs is 1. The molecule has 4 aromatic rings. The van der Waals surface area contributed by atoms with Gasteiger partial charge in [0, 0.05) is 16.5 Å². The molecule has 0 bridgehead atoms. The molecule has 11 heteroatoms. The molecule has 9 nitrogen and oxygen atoms in total. The van der Waals surface area contributed by atoms with Crippen molar-refractivity contribution in [2.75, 3.05) is 24.4 Å². The maximum Gasteiger partial charge on any atom is 0.255 e. The lowest BCUT2D eigenvalue weighted by atomic mass is 9.94. The minimum Gasteiger partial charge on any atom is -0.493 e. The maximum absolute atomic E-state index is 14.0. The Kier molecular flexibility index (Phi) is 9.47. The van der Waals surface area contributed by atoms with Crippen LogP contribution < -0.4 is 24.8 Å². The van der Waals surface area contributed by atoms with Crippen LogP contribution in [0.3, 0.4) is 0 Å². The number of para-hydroxylation sites is 2. The fourth-order valence-corrected chi connectivity index (χ4v) is 5.91. The lowest BCUT2D eigenvalue weighted by molar-refractivity contribution is -0.113. The highest BCUT2D eigenvalue weighted by Crippen LogP contribution is 2.40. The first-order chi connectivity index (χ1) is 20.8. The number of hydrogen-bond donors (Lipinski definition) is 2. The Bertz CT molecular complexity index is 1650. The van der Waals surface area contributed by atoms with Gasteiger partial charge in [0.2, 0.25) is 11.1 Å². The summed E-state index contributed by atoms with van der Waals surface area (Å²) >= 11 is 7.85. The van der Waals surface area contributed by atoms with Crippen LogP contribution in [0.1, 0.15) is 44.9 Å². The topological polar surface area (TPSA) is 99.5 Å². The molecule has 0 fully saturated rings. The first kappa shape index (κ1) is 30.3. The lowest BCUT2D eigenvalue weighted by Gasteiger charge is -2.29. The van der Waals surface area contributed by atoms with Gasteiger partial charge in [0.1, 0.15) is 11.8 Å². The highest BCUT2D eigenvalue weighted by molar-refractivity contribution is 7.98. The van der Waals surface area contributed by atoms with Gasteiger partial charge in [-0.15, -0.1) is 5.10 Å². The molecule has 2 N–H and O–H groups in total. The van der Waals surface area contributed by atoms with Crippen molar-refractivity contribution < 1.29 is 19.0 Å². The highest BCUT2D eigenvalue weighted by atomic mass is 35.5. The van der Waals surface area contributed by atoms with E-state index in [1.165, 1.54) is 11.8 Å². The van der Waals surface area contributed by atoms with Gasteiger partial charge in [0.05, 0.1) is 31.1 Å². The van der Waals surface area contributed by atoms with E-state index in [2.05, 4.69) is 10.6 Å². The smallest absolute Gasteiger partial charge is 0.255 e. The van der Waals surface area contributed by atoms with Crippen LogP contribution in [-0.4, -0.2) is 40.5 Å². The Labute approximate surface area is 260 Å². The average molecular weight is 620 g/mol. The van der Waals surface area contributed by atoms with Crippen molar-refractivity contribution in [3.05, 3.63) is 94.1 Å². The summed E-state index contributed by atoms with van der Waals surface area (Å²) in [6.07, 6.45) is -0.0351. The molecule has 3 aromatic carbocycles. The number of benzene rings is 3. The van der Waals surface area contributed by atoms with E-state index in [0.717, 1.165) is 11.1 Å². The van der Waals surface area contributed by atoms with E-state index in [1.54, 1.807) is 11.8 Å². The molecule has 43 heavy (non-hydrogen) atoms. The summed E-state index contributed by atoms with van der Waals surface area (Å²) in [7, 11) is 1.60. The normalized spacial score (nSPS) is 14.3. The number of hydrogen-bond acceptors (Lipinski definition) is 8. The summed E-state index contributed by atoms with van der Waals surface area (Å²) in [6.45, 7) is 8.15. The highest BCUT2D eigenvalue weighted by Gasteiger charge is 2.35. The fourth-order valence-electron chi connectivity index (χ4n) is 4.80. The summed E-state index contributed by atoms with van der Waals surface area (Å²) in [5, 5.41) is 12.4. The van der Waals surface area contributed by atoms with Gasteiger partial charge in [0.25, 0.3) is 5.91 Å². The first-order valence-electron chi connectivity index (χ1n) is 14.0. The van der Waals surface area contributed by atoms with Crippen molar-refractivity contribution >= 4 is 40.9 Å². The molecule has 0 saturated carbocycles. The van der Waals surface area contributed by atoms with E-state index in [0.29, 0.717) is 62.7 Å². The number of methoxy groups -OCH3 is 1. The Balaban J connectivity index is 1.54. The Hall–Kier alpha value is -4.15. The Morgan fingerprint density at radius 1 is 1.09 bits per heavy atom. The van der Waals surface area contributed by atoms with Gasteiger partial charge >= 0.3 is 0 Å². The van der Waals surface area contributed by atoms with Crippen molar-refractivity contribution in [1.82, 2.24) is 14.8 Å². The minimum atomic E-state index is -0.611. The van der Waals surface area contributed by atoms with E-state index < -0.39 is 6.04 Å². The van der Waals surface area contributed by atoms with Crippen LogP contribution in [0, 0.1) is 0 Å². The number of carbonyl (C=O) groups is 1. The minimum absolute atomic E-state index is 0.0351. The number of anilines is 2. The zero-order chi connectivity index (χ0) is 30.5. The van der Waals surface area contributed by atoms with Crippen molar-refractivity contribution in [2.24, 2.45) is 0 Å². The van der Waals surface area contributed by atoms with E-state index in [-0.39, 0.29) is 12.0 Å². The Morgan fingerprint density at radius 3 is 2.60 bits per heavy atom. The maximum atomic E-state index is 14.0. The van der Waals surface area contributed by atoms with Gasteiger partial charge in [-0.2, -0.15) is 4.98 Å². The second kappa shape index (κ2) is 13.4. The van der Waals surface area contributed by atoms with Gasteiger partial charge in [-0.1, -0.05) is 59.8 Å². The molecule has 1 aliphatic heterocycles. The molecule has 1 aromatic heterocycles. The number of ether oxygens (including phenoxy) is 3. The van der Waals surface area contributed by atoms with Crippen LogP contribution in [0.15, 0.2) is 83.2 Å². The van der Waals surface area contributed by atoms with E-state index in [1.807, 2.05) is 94.4 Å². The largest absolute Gasteiger partial charge is 0.493 e. The number of aromatic nitrogens is 3. The number of halogens is 1. The summed E-state index contributed by atoms with van der Waals surface area (Å²) in [4.78, 5) is 18.8. The number of amides is 1. The predicted octanol–water partition coefficient (Wildman–Crippen LogP) is 7.35. The van der Waals surface area contributed by atoms with Crippen molar-refractivity contribution in [3.63, 3.8) is 0 Å². The molecule has 1 amide bonds. The summed E-state index contributed by atoms with van der Waals surface area (Å²) in [6, 6.07) is 20.1. The van der Waals surface area contributed by atoms with Gasteiger partial charge < -0.3 is 24.8 Å². The standard InChI is InChI=1S/C32H34ClN5O4S/c1-6-41-25-14-10-9-13-24(25)35-30(39)28-20(4)34-31-36-32(43-18-22-11-7-8-12-23(22)33)37-38(31)29(28)21-15-16-26(42-19(2)3)27(17-21)40-5/h7-17,19,29H,6,18H2,1-5H3,(H,35,39)(H,34,36,37). The second-order valence-corrected chi connectivity index (χ2v) is 11.4. The van der Waals surface area contributed by atoms with Crippen LogP contribution in [0.2, 0.25) is 5.02 Å². The molecular weight excluding hydrogens is 586 g/mol. The molecule has 224 valence electrons. The number of allylic oxidation sites excluding steroid dienone is 1. The zero-order valence-corrected chi connectivity index (χ0v) is 26.3. The van der Waals surface area contributed by atoms with Crippen LogP contribution in [-0.2, 0) is 10.5 Å². The molecule has 0 spiro atoms. The molecule has 5 rings (SSSR count). The summed E-state index contributed by atoms with van der Waals surface area (Å²) < 4.78 is 19.1. The van der Waals surface area contributed by atoms with E-state index >= 15 is 0 Å². The number of nitrogens with one attached hydrogen (secondary N) is 2. The van der Waals surface area contributed by atoms with E-state index in [4.69, 9.17) is 35.9 Å². The number of thioether (sulfide) groups is 1. The number of rotatable bonds is 11. The fraction of sp³-hybridized carbons (Fsp3) is 0.281. The van der Waals surface area contributed by atoms with Crippen molar-refractivity contribution in [2.45, 2.75) is 50.8 Å². The van der Waals surface area contributed by atoms with Gasteiger partial charge in [-0.3, -0.25) is 4.79 Å².